The molecule has 0 aliphatic carbocycles. The predicted molar refractivity (Wildman–Crippen MR) is 89.3 cm³/mol. The van der Waals surface area contributed by atoms with Gasteiger partial charge in [0, 0.05) is 16.3 Å². The van der Waals surface area contributed by atoms with Crippen molar-refractivity contribution in [1.82, 2.24) is 0 Å². The van der Waals surface area contributed by atoms with Gasteiger partial charge in [-0.25, -0.2) is 0 Å². The van der Waals surface area contributed by atoms with Crippen molar-refractivity contribution in [2.45, 2.75) is 26.5 Å². The van der Waals surface area contributed by atoms with Crippen LogP contribution in [-0.2, 0) is 6.54 Å². The Labute approximate surface area is 133 Å². The van der Waals surface area contributed by atoms with Gasteiger partial charge in [-0.05, 0) is 49.7 Å². The smallest absolute Gasteiger partial charge is 0.124 e. The fraction of sp³-hybridized carbons (Fsp3) is 0.235. The highest BCUT2D eigenvalue weighted by Crippen LogP contribution is 2.20. The van der Waals surface area contributed by atoms with E-state index in [1.54, 1.807) is 18.3 Å². The molecule has 3 nitrogen and oxygen atoms in total. The number of aromatic hydroxyl groups is 1. The average Bonchev–Trinajstić information content (AvgIpc) is 2.44. The van der Waals surface area contributed by atoms with Gasteiger partial charge in [0.2, 0.25) is 0 Å². The van der Waals surface area contributed by atoms with E-state index in [-0.39, 0.29) is 11.9 Å². The van der Waals surface area contributed by atoms with Crippen LogP contribution >= 0.6 is 15.9 Å². The fourth-order valence-corrected chi connectivity index (χ4v) is 2.20. The maximum absolute atomic E-state index is 9.72. The Morgan fingerprint density at radius 1 is 1.19 bits per heavy atom. The van der Waals surface area contributed by atoms with Crippen molar-refractivity contribution in [3.8, 4) is 11.5 Å². The molecule has 2 rings (SSSR count). The zero-order valence-electron chi connectivity index (χ0n) is 12.1. The molecule has 0 fully saturated rings. The highest BCUT2D eigenvalue weighted by Gasteiger charge is 1.99. The first-order valence-electron chi connectivity index (χ1n) is 6.78. The first kappa shape index (κ1) is 15.6. The van der Waals surface area contributed by atoms with Crippen LogP contribution in [0.4, 0.5) is 0 Å². The van der Waals surface area contributed by atoms with Gasteiger partial charge >= 0.3 is 0 Å². The Hall–Kier alpha value is -1.81. The molecule has 0 saturated heterocycles. The summed E-state index contributed by atoms with van der Waals surface area (Å²) in [6, 6.07) is 13.1. The lowest BCUT2D eigenvalue weighted by molar-refractivity contribution is 0.242. The lowest BCUT2D eigenvalue weighted by Crippen LogP contribution is -2.05. The van der Waals surface area contributed by atoms with Crippen molar-refractivity contribution in [3.05, 3.63) is 58.1 Å². The van der Waals surface area contributed by atoms with Crippen LogP contribution in [0.15, 0.2) is 51.9 Å². The van der Waals surface area contributed by atoms with Crippen LogP contribution in [0.3, 0.4) is 0 Å². The topological polar surface area (TPSA) is 41.8 Å². The summed E-state index contributed by atoms with van der Waals surface area (Å²) in [5.41, 5.74) is 1.79. The Bertz CT molecular complexity index is 621. The average molecular weight is 348 g/mol. The molecule has 0 unspecified atom stereocenters. The minimum absolute atomic E-state index is 0.174. The molecule has 0 saturated carbocycles. The summed E-state index contributed by atoms with van der Waals surface area (Å²) in [4.78, 5) is 4.36. The molecule has 0 bridgehead atoms. The van der Waals surface area contributed by atoms with Gasteiger partial charge in [0.15, 0.2) is 0 Å². The van der Waals surface area contributed by atoms with Crippen LogP contribution in [-0.4, -0.2) is 17.4 Å². The number of phenols is 1. The molecule has 0 radical (unpaired) electrons. The predicted octanol–water partition coefficient (Wildman–Crippen LogP) is 4.56. The maximum Gasteiger partial charge on any atom is 0.124 e. The molecule has 0 atom stereocenters. The Morgan fingerprint density at radius 2 is 1.90 bits per heavy atom. The minimum Gasteiger partial charge on any atom is -0.507 e. The van der Waals surface area contributed by atoms with E-state index < -0.39 is 0 Å². The van der Waals surface area contributed by atoms with Gasteiger partial charge in [0.25, 0.3) is 0 Å². The van der Waals surface area contributed by atoms with Crippen molar-refractivity contribution in [1.29, 1.82) is 0 Å². The van der Waals surface area contributed by atoms with Gasteiger partial charge in [-0.2, -0.15) is 0 Å². The monoisotopic (exact) mass is 347 g/mol. The standard InChI is InChI=1S/C17H18BrNO2/c1-12(2)21-16-6-3-13(4-7-16)10-19-11-14-9-15(18)5-8-17(14)20/h3-9,11-12,20H,10H2,1-2H3. The zero-order chi connectivity index (χ0) is 15.2. The zero-order valence-corrected chi connectivity index (χ0v) is 13.7. The van der Waals surface area contributed by atoms with Crippen molar-refractivity contribution < 1.29 is 9.84 Å². The number of phenolic OH excluding ortho intramolecular Hbond substituents is 1. The van der Waals surface area contributed by atoms with E-state index in [1.807, 2.05) is 44.2 Å². The van der Waals surface area contributed by atoms with E-state index in [0.717, 1.165) is 15.8 Å². The molecule has 2 aromatic carbocycles. The highest BCUT2D eigenvalue weighted by atomic mass is 79.9. The van der Waals surface area contributed by atoms with Crippen LogP contribution in [0, 0.1) is 0 Å². The first-order valence-corrected chi connectivity index (χ1v) is 7.58. The molecule has 0 amide bonds. The Morgan fingerprint density at radius 3 is 2.57 bits per heavy atom. The van der Waals surface area contributed by atoms with Crippen LogP contribution in [0.2, 0.25) is 0 Å². The number of aliphatic imine (C=N–C) groups is 1. The summed E-state index contributed by atoms with van der Waals surface area (Å²) in [7, 11) is 0. The first-order chi connectivity index (χ1) is 10.0. The lowest BCUT2D eigenvalue weighted by Gasteiger charge is -2.09. The summed E-state index contributed by atoms with van der Waals surface area (Å²) in [6.07, 6.45) is 1.85. The second kappa shape index (κ2) is 7.27. The molecule has 21 heavy (non-hydrogen) atoms. The molecular formula is C17H18BrNO2. The van der Waals surface area contributed by atoms with Crippen molar-refractivity contribution in [2.75, 3.05) is 0 Å². The lowest BCUT2D eigenvalue weighted by atomic mass is 10.2. The Kier molecular flexibility index (Phi) is 5.39. The van der Waals surface area contributed by atoms with Crippen molar-refractivity contribution >= 4 is 22.1 Å². The van der Waals surface area contributed by atoms with Crippen LogP contribution < -0.4 is 4.74 Å². The van der Waals surface area contributed by atoms with Gasteiger partial charge in [-0.1, -0.05) is 28.1 Å². The summed E-state index contributed by atoms with van der Waals surface area (Å²) < 4.78 is 6.51. The molecule has 0 spiro atoms. The highest BCUT2D eigenvalue weighted by molar-refractivity contribution is 9.10. The van der Waals surface area contributed by atoms with Gasteiger partial charge in [0.05, 0.1) is 12.6 Å². The molecule has 0 aliphatic rings. The number of hydrogen-bond acceptors (Lipinski definition) is 3. The summed E-state index contributed by atoms with van der Waals surface area (Å²) in [5, 5.41) is 9.72. The molecule has 1 N–H and O–H groups in total. The van der Waals surface area contributed by atoms with Gasteiger partial charge in [-0.15, -0.1) is 0 Å². The van der Waals surface area contributed by atoms with E-state index in [1.165, 1.54) is 0 Å². The third-order valence-corrected chi connectivity index (χ3v) is 3.28. The Balaban J connectivity index is 1.99. The molecule has 2 aromatic rings. The number of ether oxygens (including phenoxy) is 1. The quantitative estimate of drug-likeness (QED) is 0.805. The molecule has 0 aromatic heterocycles. The summed E-state index contributed by atoms with van der Waals surface area (Å²) in [5.74, 6) is 1.09. The SMILES string of the molecule is CC(C)Oc1ccc(CN=Cc2cc(Br)ccc2O)cc1. The third-order valence-electron chi connectivity index (χ3n) is 2.79. The molecular weight excluding hydrogens is 330 g/mol. The van der Waals surface area contributed by atoms with Crippen molar-refractivity contribution in [3.63, 3.8) is 0 Å². The molecule has 0 heterocycles. The number of halogens is 1. The fourth-order valence-electron chi connectivity index (χ4n) is 1.82. The van der Waals surface area contributed by atoms with Crippen molar-refractivity contribution in [2.24, 2.45) is 4.99 Å². The minimum atomic E-state index is 0.174. The van der Waals surface area contributed by atoms with E-state index in [9.17, 15) is 5.11 Å². The van der Waals surface area contributed by atoms with Crippen LogP contribution in [0.1, 0.15) is 25.0 Å². The summed E-state index contributed by atoms with van der Waals surface area (Å²) in [6.45, 7) is 4.57. The largest absolute Gasteiger partial charge is 0.507 e. The third kappa shape index (κ3) is 4.90. The van der Waals surface area contributed by atoms with E-state index >= 15 is 0 Å². The number of nitrogens with zero attached hydrogens (tertiary/aromatic N) is 1. The van der Waals surface area contributed by atoms with Gasteiger partial charge in [0.1, 0.15) is 11.5 Å². The van der Waals surface area contributed by atoms with E-state index in [4.69, 9.17) is 4.74 Å². The number of benzene rings is 2. The van der Waals surface area contributed by atoms with Gasteiger partial charge < -0.3 is 9.84 Å². The van der Waals surface area contributed by atoms with E-state index in [2.05, 4.69) is 20.9 Å². The number of rotatable bonds is 5. The normalized spacial score (nSPS) is 11.2. The van der Waals surface area contributed by atoms with Gasteiger partial charge in [-0.3, -0.25) is 4.99 Å². The second-order valence-corrected chi connectivity index (χ2v) is 5.90. The second-order valence-electron chi connectivity index (χ2n) is 4.98. The maximum atomic E-state index is 9.72. The van der Waals surface area contributed by atoms with E-state index in [0.29, 0.717) is 12.1 Å². The molecule has 110 valence electrons. The molecule has 4 heteroatoms. The van der Waals surface area contributed by atoms with Crippen LogP contribution in [0.25, 0.3) is 0 Å². The summed E-state index contributed by atoms with van der Waals surface area (Å²) >= 11 is 3.37. The van der Waals surface area contributed by atoms with Crippen LogP contribution in [0.5, 0.6) is 11.5 Å². The molecule has 0 aliphatic heterocycles. The number of hydrogen-bond donors (Lipinski definition) is 1.